The average molecular weight is 375 g/mol. The second-order valence-corrected chi connectivity index (χ2v) is 6.53. The van der Waals surface area contributed by atoms with Gasteiger partial charge >= 0.3 is 5.63 Å². The van der Waals surface area contributed by atoms with Gasteiger partial charge in [-0.2, -0.15) is 0 Å². The Morgan fingerprint density at radius 1 is 1.48 bits per heavy atom. The molecule has 1 aliphatic rings. The number of phenols is 1. The number of phenolic OH excluding ortho intramolecular Hbond substituents is 1. The molecule has 1 aliphatic heterocycles. The van der Waals surface area contributed by atoms with Gasteiger partial charge in [0.2, 0.25) is 5.91 Å². The third kappa shape index (κ3) is 3.40. The molecule has 27 heavy (non-hydrogen) atoms. The van der Waals surface area contributed by atoms with Gasteiger partial charge in [0.25, 0.3) is 0 Å². The molecule has 144 valence electrons. The van der Waals surface area contributed by atoms with Crippen LogP contribution in [0.25, 0.3) is 11.0 Å². The fourth-order valence-electron chi connectivity index (χ4n) is 3.29. The molecule has 3 rings (SSSR count). The normalized spacial score (nSPS) is 17.1. The Morgan fingerprint density at radius 3 is 2.85 bits per heavy atom. The first-order valence-electron chi connectivity index (χ1n) is 8.58. The van der Waals surface area contributed by atoms with Gasteiger partial charge in [-0.05, 0) is 25.5 Å². The first kappa shape index (κ1) is 18.9. The molecular formula is C19H21NO7. The predicted octanol–water partition coefficient (Wildman–Crippen LogP) is 1.42. The molecule has 1 aromatic heterocycles. The highest BCUT2D eigenvalue weighted by molar-refractivity contribution is 6.00. The van der Waals surface area contributed by atoms with E-state index in [-0.39, 0.29) is 40.9 Å². The fourth-order valence-corrected chi connectivity index (χ4v) is 3.29. The molecule has 0 aliphatic carbocycles. The number of morpholine rings is 1. The summed E-state index contributed by atoms with van der Waals surface area (Å²) in [4.78, 5) is 38.1. The van der Waals surface area contributed by atoms with E-state index in [1.165, 1.54) is 13.2 Å². The van der Waals surface area contributed by atoms with Crippen molar-refractivity contribution in [3.05, 3.63) is 33.2 Å². The number of hydrogen-bond donors (Lipinski definition) is 1. The van der Waals surface area contributed by atoms with Gasteiger partial charge < -0.3 is 23.9 Å². The van der Waals surface area contributed by atoms with Crippen LogP contribution in [0.5, 0.6) is 11.5 Å². The summed E-state index contributed by atoms with van der Waals surface area (Å²) in [5.74, 6) is -0.504. The molecule has 1 amide bonds. The van der Waals surface area contributed by atoms with E-state index in [0.717, 1.165) is 0 Å². The predicted molar refractivity (Wildman–Crippen MR) is 96.5 cm³/mol. The molecule has 8 nitrogen and oxygen atoms in total. The number of aryl methyl sites for hydroxylation is 1. The van der Waals surface area contributed by atoms with E-state index in [4.69, 9.17) is 13.9 Å². The van der Waals surface area contributed by atoms with E-state index >= 15 is 0 Å². The zero-order chi connectivity index (χ0) is 19.7. The van der Waals surface area contributed by atoms with Gasteiger partial charge in [0.15, 0.2) is 23.4 Å². The van der Waals surface area contributed by atoms with Crippen LogP contribution in [-0.2, 0) is 16.0 Å². The lowest BCUT2D eigenvalue weighted by atomic mass is 10.00. The Bertz CT molecular complexity index is 963. The van der Waals surface area contributed by atoms with Crippen molar-refractivity contribution in [1.82, 2.24) is 4.90 Å². The number of amides is 1. The standard InChI is InChI=1S/C19H21NO7/c1-10-8-20(4-5-26-10)16(22)7-13-11(2)12-6-15(25-3)17(23)14(9-21)18(12)27-19(13)24/h6,9-10,23H,4-5,7-8H2,1-3H3/t10-/m1/s1. The van der Waals surface area contributed by atoms with Crippen molar-refractivity contribution in [1.29, 1.82) is 0 Å². The Labute approximate surface area is 155 Å². The molecule has 0 unspecified atom stereocenters. The van der Waals surface area contributed by atoms with Crippen LogP contribution in [0, 0.1) is 6.92 Å². The SMILES string of the molecule is COc1cc2c(C)c(CC(=O)N3CCO[C@H](C)C3)c(=O)oc2c(C=O)c1O. The fraction of sp³-hybridized carbons (Fsp3) is 0.421. The van der Waals surface area contributed by atoms with Crippen molar-refractivity contribution < 1.29 is 28.6 Å². The number of nitrogens with zero attached hydrogens (tertiary/aromatic N) is 1. The van der Waals surface area contributed by atoms with Crippen molar-refractivity contribution in [3.8, 4) is 11.5 Å². The van der Waals surface area contributed by atoms with Crippen molar-refractivity contribution in [2.24, 2.45) is 0 Å². The highest BCUT2D eigenvalue weighted by Gasteiger charge is 2.25. The van der Waals surface area contributed by atoms with E-state index in [2.05, 4.69) is 0 Å². The summed E-state index contributed by atoms with van der Waals surface area (Å²) in [6.45, 7) is 4.95. The van der Waals surface area contributed by atoms with Gasteiger partial charge in [0.05, 0.1) is 31.8 Å². The molecule has 1 atom stereocenters. The summed E-state index contributed by atoms with van der Waals surface area (Å²) in [6.07, 6.45) is 0.234. The Balaban J connectivity index is 2.06. The van der Waals surface area contributed by atoms with E-state index in [0.29, 0.717) is 36.9 Å². The number of ether oxygens (including phenoxy) is 2. The van der Waals surface area contributed by atoms with Gasteiger partial charge in [-0.3, -0.25) is 9.59 Å². The number of carbonyl (C=O) groups excluding carboxylic acids is 2. The lowest BCUT2D eigenvalue weighted by Crippen LogP contribution is -2.45. The number of hydrogen-bond acceptors (Lipinski definition) is 7. The largest absolute Gasteiger partial charge is 0.504 e. The molecule has 8 heteroatoms. The van der Waals surface area contributed by atoms with Crippen molar-refractivity contribution in [3.63, 3.8) is 0 Å². The van der Waals surface area contributed by atoms with Gasteiger partial charge in [0.1, 0.15) is 5.56 Å². The van der Waals surface area contributed by atoms with Crippen molar-refractivity contribution in [2.75, 3.05) is 26.8 Å². The average Bonchev–Trinajstić information content (AvgIpc) is 2.65. The van der Waals surface area contributed by atoms with Crippen LogP contribution in [0.15, 0.2) is 15.3 Å². The molecule has 2 heterocycles. The smallest absolute Gasteiger partial charge is 0.340 e. The summed E-state index contributed by atoms with van der Waals surface area (Å²) < 4.78 is 15.8. The summed E-state index contributed by atoms with van der Waals surface area (Å²) in [5.41, 5.74) is -0.165. The molecule has 1 saturated heterocycles. The van der Waals surface area contributed by atoms with E-state index in [9.17, 15) is 19.5 Å². The van der Waals surface area contributed by atoms with Crippen LogP contribution >= 0.6 is 0 Å². The zero-order valence-electron chi connectivity index (χ0n) is 15.4. The number of carbonyl (C=O) groups is 2. The van der Waals surface area contributed by atoms with E-state index in [1.54, 1.807) is 11.8 Å². The second-order valence-electron chi connectivity index (χ2n) is 6.53. The quantitative estimate of drug-likeness (QED) is 0.636. The zero-order valence-corrected chi connectivity index (χ0v) is 15.4. The van der Waals surface area contributed by atoms with Crippen molar-refractivity contribution in [2.45, 2.75) is 26.4 Å². The van der Waals surface area contributed by atoms with Gasteiger partial charge in [-0.1, -0.05) is 0 Å². The minimum atomic E-state index is -0.706. The number of benzene rings is 1. The number of aldehydes is 1. The monoisotopic (exact) mass is 375 g/mol. The van der Waals surface area contributed by atoms with Gasteiger partial charge in [0, 0.05) is 18.5 Å². The first-order chi connectivity index (χ1) is 12.9. The van der Waals surface area contributed by atoms with E-state index < -0.39 is 11.4 Å². The van der Waals surface area contributed by atoms with Crippen LogP contribution in [-0.4, -0.2) is 55.1 Å². The van der Waals surface area contributed by atoms with Crippen LogP contribution in [0.1, 0.15) is 28.4 Å². The minimum absolute atomic E-state index is 0.0259. The Hall–Kier alpha value is -2.87. The Morgan fingerprint density at radius 2 is 2.22 bits per heavy atom. The van der Waals surface area contributed by atoms with E-state index in [1.807, 2.05) is 6.92 Å². The molecule has 2 aromatic rings. The van der Waals surface area contributed by atoms with Gasteiger partial charge in [-0.15, -0.1) is 0 Å². The Kier molecular flexibility index (Phi) is 5.18. The third-order valence-corrected chi connectivity index (χ3v) is 4.81. The summed E-state index contributed by atoms with van der Waals surface area (Å²) in [5, 5.41) is 10.5. The number of rotatable bonds is 4. The van der Waals surface area contributed by atoms with Crippen LogP contribution in [0.2, 0.25) is 0 Å². The maximum atomic E-state index is 12.6. The second kappa shape index (κ2) is 7.40. The van der Waals surface area contributed by atoms with Crippen molar-refractivity contribution >= 4 is 23.2 Å². The molecular weight excluding hydrogens is 354 g/mol. The summed E-state index contributed by atoms with van der Waals surface area (Å²) in [6, 6.07) is 1.49. The number of fused-ring (bicyclic) bond motifs is 1. The maximum Gasteiger partial charge on any atom is 0.340 e. The number of methoxy groups -OCH3 is 1. The molecule has 1 N–H and O–H groups in total. The summed E-state index contributed by atoms with van der Waals surface area (Å²) in [7, 11) is 1.36. The van der Waals surface area contributed by atoms with Crippen LogP contribution in [0.4, 0.5) is 0 Å². The highest BCUT2D eigenvalue weighted by atomic mass is 16.5. The lowest BCUT2D eigenvalue weighted by molar-refractivity contribution is -0.137. The highest BCUT2D eigenvalue weighted by Crippen LogP contribution is 2.36. The molecule has 1 aromatic carbocycles. The first-order valence-corrected chi connectivity index (χ1v) is 8.58. The molecule has 1 fully saturated rings. The van der Waals surface area contributed by atoms with Crippen LogP contribution in [0.3, 0.4) is 0 Å². The van der Waals surface area contributed by atoms with Gasteiger partial charge in [-0.25, -0.2) is 4.79 Å². The third-order valence-electron chi connectivity index (χ3n) is 4.81. The lowest BCUT2D eigenvalue weighted by Gasteiger charge is -2.31. The molecule has 0 saturated carbocycles. The summed E-state index contributed by atoms with van der Waals surface area (Å²) >= 11 is 0. The maximum absolute atomic E-state index is 12.6. The van der Waals surface area contributed by atoms with Crippen LogP contribution < -0.4 is 10.4 Å². The molecule has 0 radical (unpaired) electrons. The molecule has 0 spiro atoms. The minimum Gasteiger partial charge on any atom is -0.504 e. The molecule has 0 bridgehead atoms. The number of aromatic hydroxyl groups is 1. The topological polar surface area (TPSA) is 106 Å².